The number of halogens is 3. The quantitative estimate of drug-likeness (QED) is 0.513. The summed E-state index contributed by atoms with van der Waals surface area (Å²) in [6.07, 6.45) is -3.21. The molecule has 0 unspecified atom stereocenters. The number of nitrogens with zero attached hydrogens (tertiary/aromatic N) is 2. The van der Waals surface area contributed by atoms with Gasteiger partial charge in [0.15, 0.2) is 12.6 Å². The van der Waals surface area contributed by atoms with Crippen molar-refractivity contribution in [3.05, 3.63) is 29.8 Å². The minimum Gasteiger partial charge on any atom is -0.484 e. The van der Waals surface area contributed by atoms with E-state index in [1.165, 1.54) is 6.07 Å². The van der Waals surface area contributed by atoms with Crippen LogP contribution in [0.2, 0.25) is 0 Å². The normalized spacial score (nSPS) is 15.6. The van der Waals surface area contributed by atoms with Gasteiger partial charge >= 0.3 is 12.3 Å². The van der Waals surface area contributed by atoms with Crippen LogP contribution in [-0.2, 0) is 11.3 Å². The third-order valence-electron chi connectivity index (χ3n) is 4.48. The SMILES string of the molecule is CCNC(=NCc1ccccc1OCC(F)(F)F)NC1CCN(C(=O)OCC)CC1. The van der Waals surface area contributed by atoms with E-state index in [0.717, 1.165) is 12.8 Å². The Bertz CT molecular complexity index is 705. The summed E-state index contributed by atoms with van der Waals surface area (Å²) in [6, 6.07) is 6.68. The Morgan fingerprint density at radius 1 is 1.23 bits per heavy atom. The molecule has 168 valence electrons. The van der Waals surface area contributed by atoms with Gasteiger partial charge in [0, 0.05) is 31.2 Å². The topological polar surface area (TPSA) is 75.2 Å². The number of benzene rings is 1. The smallest absolute Gasteiger partial charge is 0.422 e. The van der Waals surface area contributed by atoms with Crippen molar-refractivity contribution in [3.63, 3.8) is 0 Å². The van der Waals surface area contributed by atoms with E-state index >= 15 is 0 Å². The van der Waals surface area contributed by atoms with Gasteiger partial charge in [-0.1, -0.05) is 18.2 Å². The number of guanidine groups is 1. The highest BCUT2D eigenvalue weighted by molar-refractivity contribution is 5.80. The third kappa shape index (κ3) is 8.00. The van der Waals surface area contributed by atoms with E-state index < -0.39 is 12.8 Å². The van der Waals surface area contributed by atoms with E-state index in [1.807, 2.05) is 6.92 Å². The van der Waals surface area contributed by atoms with Crippen LogP contribution >= 0.6 is 0 Å². The van der Waals surface area contributed by atoms with Gasteiger partial charge in [-0.25, -0.2) is 9.79 Å². The van der Waals surface area contributed by atoms with Gasteiger partial charge < -0.3 is 25.0 Å². The molecule has 1 aliphatic heterocycles. The molecule has 30 heavy (non-hydrogen) atoms. The number of amides is 1. The van der Waals surface area contributed by atoms with Crippen molar-refractivity contribution in [1.29, 1.82) is 0 Å². The second-order valence-corrected chi connectivity index (χ2v) is 6.81. The zero-order valence-electron chi connectivity index (χ0n) is 17.3. The van der Waals surface area contributed by atoms with Crippen LogP contribution in [0.15, 0.2) is 29.3 Å². The van der Waals surface area contributed by atoms with Crippen LogP contribution in [0.3, 0.4) is 0 Å². The minimum atomic E-state index is -4.40. The number of carbonyl (C=O) groups excluding carboxylic acids is 1. The number of alkyl halides is 3. The maximum atomic E-state index is 12.5. The molecule has 0 aliphatic carbocycles. The fourth-order valence-corrected chi connectivity index (χ4v) is 3.03. The van der Waals surface area contributed by atoms with Gasteiger partial charge in [-0.2, -0.15) is 13.2 Å². The number of rotatable bonds is 7. The summed E-state index contributed by atoms with van der Waals surface area (Å²) in [6.45, 7) is 4.70. The molecule has 0 radical (unpaired) electrons. The Kier molecular flexibility index (Phi) is 9.07. The van der Waals surface area contributed by atoms with Crippen LogP contribution < -0.4 is 15.4 Å². The zero-order valence-corrected chi connectivity index (χ0v) is 17.3. The van der Waals surface area contributed by atoms with Crippen LogP contribution in [0.5, 0.6) is 5.75 Å². The number of carbonyl (C=O) groups is 1. The first-order valence-corrected chi connectivity index (χ1v) is 10.1. The van der Waals surface area contributed by atoms with Gasteiger partial charge in [0.25, 0.3) is 0 Å². The lowest BCUT2D eigenvalue weighted by Gasteiger charge is -2.32. The molecule has 10 heteroatoms. The number of nitrogens with one attached hydrogen (secondary N) is 2. The minimum absolute atomic E-state index is 0.130. The van der Waals surface area contributed by atoms with Crippen LogP contribution in [0.4, 0.5) is 18.0 Å². The second kappa shape index (κ2) is 11.5. The number of piperidine rings is 1. The highest BCUT2D eigenvalue weighted by Crippen LogP contribution is 2.22. The summed E-state index contributed by atoms with van der Waals surface area (Å²) in [5, 5.41) is 6.48. The summed E-state index contributed by atoms with van der Waals surface area (Å²) in [7, 11) is 0. The number of ether oxygens (including phenoxy) is 2. The average molecular weight is 430 g/mol. The van der Waals surface area contributed by atoms with Gasteiger partial charge in [-0.15, -0.1) is 0 Å². The van der Waals surface area contributed by atoms with Crippen molar-refractivity contribution >= 4 is 12.1 Å². The van der Waals surface area contributed by atoms with Crippen molar-refractivity contribution in [2.45, 2.75) is 45.5 Å². The summed E-state index contributed by atoms with van der Waals surface area (Å²) in [5.41, 5.74) is 0.566. The standard InChI is InChI=1S/C20H29F3N4O3/c1-3-24-18(26-16-9-11-27(12-10-16)19(28)29-4-2)25-13-15-7-5-6-8-17(15)30-14-20(21,22)23/h5-8,16H,3-4,9-14H2,1-2H3,(H2,24,25,26). The molecule has 1 aliphatic rings. The van der Waals surface area contributed by atoms with E-state index in [1.54, 1.807) is 30.0 Å². The molecule has 1 saturated heterocycles. The van der Waals surface area contributed by atoms with Crippen molar-refractivity contribution in [1.82, 2.24) is 15.5 Å². The van der Waals surface area contributed by atoms with Crippen molar-refractivity contribution in [2.75, 3.05) is 32.8 Å². The van der Waals surface area contributed by atoms with E-state index in [4.69, 9.17) is 9.47 Å². The number of hydrogen-bond acceptors (Lipinski definition) is 4. The molecule has 0 atom stereocenters. The van der Waals surface area contributed by atoms with E-state index in [-0.39, 0.29) is 24.4 Å². The third-order valence-corrected chi connectivity index (χ3v) is 4.48. The first kappa shape index (κ1) is 23.6. The van der Waals surface area contributed by atoms with Crippen molar-refractivity contribution in [3.8, 4) is 5.75 Å². The molecular formula is C20H29F3N4O3. The van der Waals surface area contributed by atoms with E-state index in [0.29, 0.717) is 37.8 Å². The molecule has 1 heterocycles. The molecule has 0 aromatic heterocycles. The number of para-hydroxylation sites is 1. The monoisotopic (exact) mass is 430 g/mol. The van der Waals surface area contributed by atoms with Crippen LogP contribution in [-0.4, -0.2) is 62.0 Å². The molecule has 1 fully saturated rings. The first-order chi connectivity index (χ1) is 14.3. The predicted octanol–water partition coefficient (Wildman–Crippen LogP) is 3.30. The second-order valence-electron chi connectivity index (χ2n) is 6.81. The molecular weight excluding hydrogens is 401 g/mol. The molecule has 0 bridgehead atoms. The Balaban J connectivity index is 1.95. The Morgan fingerprint density at radius 3 is 2.57 bits per heavy atom. The zero-order chi connectivity index (χ0) is 22.0. The highest BCUT2D eigenvalue weighted by atomic mass is 19.4. The van der Waals surface area contributed by atoms with E-state index in [9.17, 15) is 18.0 Å². The maximum Gasteiger partial charge on any atom is 0.422 e. The molecule has 1 amide bonds. The lowest BCUT2D eigenvalue weighted by molar-refractivity contribution is -0.153. The molecule has 2 rings (SSSR count). The van der Waals surface area contributed by atoms with Gasteiger partial charge in [0.2, 0.25) is 0 Å². The van der Waals surface area contributed by atoms with Crippen molar-refractivity contribution < 1.29 is 27.4 Å². The number of aliphatic imine (C=N–C) groups is 1. The molecule has 2 N–H and O–H groups in total. The molecule has 7 nitrogen and oxygen atoms in total. The fourth-order valence-electron chi connectivity index (χ4n) is 3.03. The van der Waals surface area contributed by atoms with Gasteiger partial charge in [0.05, 0.1) is 13.2 Å². The first-order valence-electron chi connectivity index (χ1n) is 10.1. The number of hydrogen-bond donors (Lipinski definition) is 2. The summed E-state index contributed by atoms with van der Waals surface area (Å²) < 4.78 is 47.3. The van der Waals surface area contributed by atoms with Crippen LogP contribution in [0.25, 0.3) is 0 Å². The lowest BCUT2D eigenvalue weighted by Crippen LogP contribution is -2.49. The lowest BCUT2D eigenvalue weighted by atomic mass is 10.1. The van der Waals surface area contributed by atoms with Crippen LogP contribution in [0, 0.1) is 0 Å². The van der Waals surface area contributed by atoms with Crippen molar-refractivity contribution in [2.24, 2.45) is 4.99 Å². The highest BCUT2D eigenvalue weighted by Gasteiger charge is 2.29. The molecule has 0 spiro atoms. The Morgan fingerprint density at radius 2 is 1.93 bits per heavy atom. The fraction of sp³-hybridized carbons (Fsp3) is 0.600. The summed E-state index contributed by atoms with van der Waals surface area (Å²) in [4.78, 5) is 18.0. The molecule has 1 aromatic carbocycles. The van der Waals surface area contributed by atoms with E-state index in [2.05, 4.69) is 15.6 Å². The van der Waals surface area contributed by atoms with Gasteiger partial charge in [-0.3, -0.25) is 0 Å². The number of likely N-dealkylation sites (tertiary alicyclic amines) is 1. The average Bonchev–Trinajstić information content (AvgIpc) is 2.71. The van der Waals surface area contributed by atoms with Gasteiger partial charge in [0.1, 0.15) is 5.75 Å². The Hall–Kier alpha value is -2.65. The molecule has 1 aromatic rings. The maximum absolute atomic E-state index is 12.5. The van der Waals surface area contributed by atoms with Gasteiger partial charge in [-0.05, 0) is 32.8 Å². The Labute approximate surface area is 174 Å². The summed E-state index contributed by atoms with van der Waals surface area (Å²) >= 11 is 0. The largest absolute Gasteiger partial charge is 0.484 e. The predicted molar refractivity (Wildman–Crippen MR) is 108 cm³/mol. The van der Waals surface area contributed by atoms with Crippen LogP contribution in [0.1, 0.15) is 32.3 Å². The summed E-state index contributed by atoms with van der Waals surface area (Å²) in [5.74, 6) is 0.731. The molecule has 0 saturated carbocycles.